The number of fused-ring (bicyclic) bond motifs is 1. The molecule has 0 aromatic carbocycles. The van der Waals surface area contributed by atoms with Crippen molar-refractivity contribution >= 4 is 17.4 Å². The Labute approximate surface area is 132 Å². The summed E-state index contributed by atoms with van der Waals surface area (Å²) in [6.07, 6.45) is 7.30. The summed E-state index contributed by atoms with van der Waals surface area (Å²) in [7, 11) is 0. The quantitative estimate of drug-likeness (QED) is 0.629. The van der Waals surface area contributed by atoms with Gasteiger partial charge in [-0.15, -0.1) is 0 Å². The molecule has 4 aromatic heterocycles. The number of hydrogen-bond acceptors (Lipinski definition) is 5. The second kappa shape index (κ2) is 5.49. The maximum absolute atomic E-state index is 4.56. The molecule has 0 aliphatic rings. The zero-order valence-corrected chi connectivity index (χ0v) is 12.5. The molecule has 0 unspecified atom stereocenters. The molecule has 0 bridgehead atoms. The summed E-state index contributed by atoms with van der Waals surface area (Å²) in [5, 5.41) is 3.12. The van der Waals surface area contributed by atoms with Crippen LogP contribution in [0.15, 0.2) is 61.2 Å². The number of nitrogens with zero attached hydrogens (tertiary/aromatic N) is 5. The zero-order valence-electron chi connectivity index (χ0n) is 12.5. The van der Waals surface area contributed by atoms with Crippen LogP contribution in [0.4, 0.5) is 11.8 Å². The van der Waals surface area contributed by atoms with Gasteiger partial charge in [-0.1, -0.05) is 12.1 Å². The molecule has 0 spiro atoms. The molecule has 0 aliphatic carbocycles. The molecule has 4 heterocycles. The van der Waals surface area contributed by atoms with E-state index in [1.807, 2.05) is 60.1 Å². The molecule has 4 aromatic rings. The summed E-state index contributed by atoms with van der Waals surface area (Å²) >= 11 is 0. The highest BCUT2D eigenvalue weighted by Gasteiger charge is 2.08. The summed E-state index contributed by atoms with van der Waals surface area (Å²) in [5.41, 5.74) is 3.71. The molecule has 6 heteroatoms. The van der Waals surface area contributed by atoms with Crippen molar-refractivity contribution in [2.24, 2.45) is 0 Å². The van der Waals surface area contributed by atoms with Crippen LogP contribution in [-0.2, 0) is 0 Å². The van der Waals surface area contributed by atoms with Gasteiger partial charge in [0.15, 0.2) is 0 Å². The van der Waals surface area contributed by atoms with E-state index < -0.39 is 0 Å². The van der Waals surface area contributed by atoms with Crippen molar-refractivity contribution in [3.8, 4) is 11.4 Å². The molecule has 112 valence electrons. The van der Waals surface area contributed by atoms with E-state index in [1.165, 1.54) is 0 Å². The third kappa shape index (κ3) is 2.62. The largest absolute Gasteiger partial charge is 0.309 e. The minimum atomic E-state index is 0.504. The van der Waals surface area contributed by atoms with Crippen molar-refractivity contribution in [1.29, 1.82) is 0 Å². The fourth-order valence-corrected chi connectivity index (χ4v) is 2.34. The summed E-state index contributed by atoms with van der Waals surface area (Å²) in [4.78, 5) is 17.5. The Morgan fingerprint density at radius 1 is 0.957 bits per heavy atom. The normalized spacial score (nSPS) is 10.8. The molecular formula is C17H14N6. The van der Waals surface area contributed by atoms with E-state index in [2.05, 4.69) is 25.3 Å². The molecule has 0 aliphatic heterocycles. The summed E-state index contributed by atoms with van der Waals surface area (Å²) in [5.74, 6) is 1.22. The Balaban J connectivity index is 1.70. The lowest BCUT2D eigenvalue weighted by atomic mass is 10.3. The van der Waals surface area contributed by atoms with Gasteiger partial charge in [0, 0.05) is 18.6 Å². The maximum Gasteiger partial charge on any atom is 0.228 e. The minimum absolute atomic E-state index is 0.504. The van der Waals surface area contributed by atoms with Crippen LogP contribution < -0.4 is 5.32 Å². The summed E-state index contributed by atoms with van der Waals surface area (Å²) in [6.45, 7) is 2.00. The lowest BCUT2D eigenvalue weighted by molar-refractivity contribution is 1.12. The smallest absolute Gasteiger partial charge is 0.228 e. The first-order valence-corrected chi connectivity index (χ1v) is 7.25. The monoisotopic (exact) mass is 302 g/mol. The number of anilines is 2. The summed E-state index contributed by atoms with van der Waals surface area (Å²) in [6, 6.07) is 11.6. The Kier molecular flexibility index (Phi) is 3.20. The van der Waals surface area contributed by atoms with Crippen molar-refractivity contribution < 1.29 is 0 Å². The SMILES string of the molecule is Cc1ccc(Nc2nccc(-c3cnc4ccccn34)n2)nc1. The fraction of sp³-hybridized carbons (Fsp3) is 0.0588. The number of rotatable bonds is 3. The lowest BCUT2D eigenvalue weighted by Gasteiger charge is -2.06. The molecule has 0 fully saturated rings. The third-order valence-electron chi connectivity index (χ3n) is 3.49. The van der Waals surface area contributed by atoms with Crippen molar-refractivity contribution in [2.45, 2.75) is 6.92 Å². The van der Waals surface area contributed by atoms with Gasteiger partial charge in [-0.25, -0.2) is 19.9 Å². The van der Waals surface area contributed by atoms with E-state index >= 15 is 0 Å². The van der Waals surface area contributed by atoms with E-state index in [0.717, 1.165) is 22.6 Å². The van der Waals surface area contributed by atoms with E-state index in [0.29, 0.717) is 11.8 Å². The highest BCUT2D eigenvalue weighted by atomic mass is 15.1. The van der Waals surface area contributed by atoms with Crippen LogP contribution in [0.2, 0.25) is 0 Å². The molecule has 1 N–H and O–H groups in total. The lowest BCUT2D eigenvalue weighted by Crippen LogP contribution is -2.00. The molecule has 23 heavy (non-hydrogen) atoms. The highest BCUT2D eigenvalue weighted by molar-refractivity contribution is 5.61. The zero-order chi connectivity index (χ0) is 15.6. The van der Waals surface area contributed by atoms with Crippen LogP contribution in [0.25, 0.3) is 17.0 Å². The molecule has 0 amide bonds. The molecule has 4 rings (SSSR count). The van der Waals surface area contributed by atoms with Gasteiger partial charge in [-0.3, -0.25) is 4.40 Å². The van der Waals surface area contributed by atoms with E-state index in [-0.39, 0.29) is 0 Å². The van der Waals surface area contributed by atoms with Gasteiger partial charge in [0.05, 0.1) is 17.6 Å². The number of aromatic nitrogens is 5. The Morgan fingerprint density at radius 3 is 2.78 bits per heavy atom. The standard InChI is InChI=1S/C17H14N6/c1-12-5-6-15(19-10-12)22-17-18-8-7-13(21-17)14-11-20-16-4-2-3-9-23(14)16/h2-11H,1H3,(H,18,19,21,22). The third-order valence-corrected chi connectivity index (χ3v) is 3.49. The molecule has 0 saturated heterocycles. The maximum atomic E-state index is 4.56. The highest BCUT2D eigenvalue weighted by Crippen LogP contribution is 2.20. The van der Waals surface area contributed by atoms with Crippen molar-refractivity contribution in [2.75, 3.05) is 5.32 Å². The number of nitrogens with one attached hydrogen (secondary N) is 1. The Morgan fingerprint density at radius 2 is 1.91 bits per heavy atom. The van der Waals surface area contributed by atoms with Gasteiger partial charge in [-0.05, 0) is 36.8 Å². The van der Waals surface area contributed by atoms with Crippen molar-refractivity contribution in [1.82, 2.24) is 24.3 Å². The van der Waals surface area contributed by atoms with Gasteiger partial charge in [0.1, 0.15) is 11.5 Å². The number of hydrogen-bond donors (Lipinski definition) is 1. The van der Waals surface area contributed by atoms with E-state index in [4.69, 9.17) is 0 Å². The molecule has 6 nitrogen and oxygen atoms in total. The van der Waals surface area contributed by atoms with Crippen LogP contribution in [0.1, 0.15) is 5.56 Å². The molecule has 0 radical (unpaired) electrons. The van der Waals surface area contributed by atoms with Crippen molar-refractivity contribution in [3.05, 3.63) is 66.7 Å². The first-order chi connectivity index (χ1) is 11.3. The fourth-order valence-electron chi connectivity index (χ4n) is 2.34. The van der Waals surface area contributed by atoms with Gasteiger partial charge in [0.25, 0.3) is 0 Å². The van der Waals surface area contributed by atoms with Crippen molar-refractivity contribution in [3.63, 3.8) is 0 Å². The topological polar surface area (TPSA) is 68.0 Å². The Hall–Kier alpha value is -3.28. The predicted molar refractivity (Wildman–Crippen MR) is 88.5 cm³/mol. The van der Waals surface area contributed by atoms with Crippen LogP contribution in [0, 0.1) is 6.92 Å². The minimum Gasteiger partial charge on any atom is -0.309 e. The number of pyridine rings is 2. The average Bonchev–Trinajstić information content (AvgIpc) is 3.01. The van der Waals surface area contributed by atoms with E-state index in [1.54, 1.807) is 12.4 Å². The second-order valence-electron chi connectivity index (χ2n) is 5.18. The van der Waals surface area contributed by atoms with Gasteiger partial charge in [-0.2, -0.15) is 0 Å². The van der Waals surface area contributed by atoms with Gasteiger partial charge < -0.3 is 5.32 Å². The Bertz CT molecular complexity index is 958. The molecular weight excluding hydrogens is 288 g/mol. The molecule has 0 saturated carbocycles. The van der Waals surface area contributed by atoms with Gasteiger partial charge in [0.2, 0.25) is 5.95 Å². The second-order valence-corrected chi connectivity index (χ2v) is 5.18. The predicted octanol–water partition coefficient (Wildman–Crippen LogP) is 3.24. The van der Waals surface area contributed by atoms with Gasteiger partial charge >= 0.3 is 0 Å². The van der Waals surface area contributed by atoms with Crippen LogP contribution in [0.3, 0.4) is 0 Å². The van der Waals surface area contributed by atoms with Crippen LogP contribution in [-0.4, -0.2) is 24.3 Å². The van der Waals surface area contributed by atoms with E-state index in [9.17, 15) is 0 Å². The molecule has 0 atom stereocenters. The van der Waals surface area contributed by atoms with Crippen LogP contribution >= 0.6 is 0 Å². The summed E-state index contributed by atoms with van der Waals surface area (Å²) < 4.78 is 2.00. The first kappa shape index (κ1) is 13.4. The first-order valence-electron chi connectivity index (χ1n) is 7.25. The number of imidazole rings is 1. The van der Waals surface area contributed by atoms with Crippen LogP contribution in [0.5, 0.6) is 0 Å². The number of aryl methyl sites for hydroxylation is 1. The average molecular weight is 302 g/mol.